The number of hydrogen-bond donors (Lipinski definition) is 1. The normalized spacial score (nSPS) is 12.1. The summed E-state index contributed by atoms with van der Waals surface area (Å²) < 4.78 is 0. The summed E-state index contributed by atoms with van der Waals surface area (Å²) in [6, 6.07) is 0. The molecule has 1 N–H and O–H groups in total. The van der Waals surface area contributed by atoms with Crippen molar-refractivity contribution < 1.29 is 24.9 Å². The summed E-state index contributed by atoms with van der Waals surface area (Å²) in [5.41, 5.74) is -0.658. The highest BCUT2D eigenvalue weighted by atomic mass is 16.4. The molecule has 0 saturated heterocycles. The van der Waals surface area contributed by atoms with Crippen LogP contribution >= 0.6 is 0 Å². The number of hydrogen-bond acceptors (Lipinski definition) is 4. The third-order valence-electron chi connectivity index (χ3n) is 1.50. The fourth-order valence-electron chi connectivity index (χ4n) is 0.791. The lowest BCUT2D eigenvalue weighted by atomic mass is 10.1. The highest BCUT2D eigenvalue weighted by Crippen LogP contribution is 2.08. The maximum absolute atomic E-state index is 10.7. The van der Waals surface area contributed by atoms with E-state index in [0.29, 0.717) is 12.8 Å². The molecule has 0 heterocycles. The molecular weight excluding hydrogens is 176 g/mol. The average Bonchev–Trinajstić information content (AvgIpc) is 2.04. The second-order valence-electron chi connectivity index (χ2n) is 2.50. The molecule has 0 saturated carbocycles. The Bertz CT molecular complexity index is 241. The molecule has 0 rings (SSSR count). The molecule has 0 aromatic heterocycles. The summed E-state index contributed by atoms with van der Waals surface area (Å²) in [7, 11) is 0. The summed E-state index contributed by atoms with van der Waals surface area (Å²) >= 11 is 0. The SMILES string of the molecule is CCCC/C(C(=O)[O-])=C(/[O-])C(=O)O. The standard InChI is InChI=1S/C8H12O5/c1-2-3-4-5(7(10)11)6(9)8(12)13/h9H,2-4H2,1H3,(H,10,11)(H,12,13)/p-2/b6-5-. The van der Waals surface area contributed by atoms with Gasteiger partial charge in [-0.3, -0.25) is 0 Å². The second-order valence-corrected chi connectivity index (χ2v) is 2.50. The molecule has 0 spiro atoms. The van der Waals surface area contributed by atoms with Crippen LogP contribution in [0.1, 0.15) is 26.2 Å². The van der Waals surface area contributed by atoms with E-state index in [4.69, 9.17) is 5.11 Å². The fourth-order valence-corrected chi connectivity index (χ4v) is 0.791. The van der Waals surface area contributed by atoms with Gasteiger partial charge in [0.05, 0.1) is 5.97 Å². The van der Waals surface area contributed by atoms with Gasteiger partial charge in [0.2, 0.25) is 0 Å². The predicted molar refractivity (Wildman–Crippen MR) is 39.2 cm³/mol. The molecule has 0 aliphatic carbocycles. The zero-order chi connectivity index (χ0) is 10.4. The van der Waals surface area contributed by atoms with Crippen molar-refractivity contribution in [3.63, 3.8) is 0 Å². The Balaban J connectivity index is 4.67. The number of carbonyl (C=O) groups is 2. The van der Waals surface area contributed by atoms with Gasteiger partial charge < -0.3 is 20.1 Å². The molecule has 0 atom stereocenters. The summed E-state index contributed by atoms with van der Waals surface area (Å²) in [5, 5.41) is 29.3. The number of unbranched alkanes of at least 4 members (excludes halogenated alkanes) is 1. The van der Waals surface area contributed by atoms with Crippen LogP contribution in [0.25, 0.3) is 0 Å². The Morgan fingerprint density at radius 3 is 2.15 bits per heavy atom. The largest absolute Gasteiger partial charge is 0.867 e. The van der Waals surface area contributed by atoms with Gasteiger partial charge in [-0.25, -0.2) is 4.79 Å². The van der Waals surface area contributed by atoms with Crippen molar-refractivity contribution in [1.82, 2.24) is 0 Å². The van der Waals surface area contributed by atoms with Gasteiger partial charge in [-0.1, -0.05) is 13.3 Å². The second kappa shape index (κ2) is 5.18. The fraction of sp³-hybridized carbons (Fsp3) is 0.500. The monoisotopic (exact) mass is 186 g/mol. The maximum Gasteiger partial charge on any atom is 0.320 e. The van der Waals surface area contributed by atoms with Gasteiger partial charge in [0.25, 0.3) is 0 Å². The first-order valence-electron chi connectivity index (χ1n) is 3.85. The van der Waals surface area contributed by atoms with Crippen LogP contribution in [0.5, 0.6) is 0 Å². The number of carboxylic acids is 2. The minimum atomic E-state index is -1.75. The smallest absolute Gasteiger partial charge is 0.320 e. The van der Waals surface area contributed by atoms with Crippen LogP contribution in [-0.4, -0.2) is 17.0 Å². The van der Waals surface area contributed by atoms with Gasteiger partial charge in [0.1, 0.15) is 0 Å². The van der Waals surface area contributed by atoms with E-state index in [9.17, 15) is 19.8 Å². The van der Waals surface area contributed by atoms with E-state index in [1.165, 1.54) is 0 Å². The van der Waals surface area contributed by atoms with Crippen LogP contribution in [0.15, 0.2) is 11.3 Å². The predicted octanol–water partition coefficient (Wildman–Crippen LogP) is -1.37. The van der Waals surface area contributed by atoms with E-state index >= 15 is 0 Å². The zero-order valence-electron chi connectivity index (χ0n) is 7.20. The molecule has 0 amide bonds. The molecule has 0 radical (unpaired) electrons. The van der Waals surface area contributed by atoms with Crippen LogP contribution in [0.2, 0.25) is 0 Å². The van der Waals surface area contributed by atoms with E-state index in [1.54, 1.807) is 6.92 Å². The third-order valence-corrected chi connectivity index (χ3v) is 1.50. The highest BCUT2D eigenvalue weighted by molar-refractivity contribution is 5.95. The van der Waals surface area contributed by atoms with E-state index in [1.807, 2.05) is 0 Å². The Labute approximate surface area is 75.3 Å². The summed E-state index contributed by atoms with van der Waals surface area (Å²) in [6.45, 7) is 1.80. The molecule has 5 nitrogen and oxygen atoms in total. The van der Waals surface area contributed by atoms with E-state index in [0.717, 1.165) is 0 Å². The van der Waals surface area contributed by atoms with E-state index < -0.39 is 23.3 Å². The van der Waals surface area contributed by atoms with Crippen LogP contribution in [0, 0.1) is 0 Å². The van der Waals surface area contributed by atoms with Crippen molar-refractivity contribution in [3.8, 4) is 0 Å². The lowest BCUT2D eigenvalue weighted by Gasteiger charge is -2.15. The summed E-state index contributed by atoms with van der Waals surface area (Å²) in [6.07, 6.45) is 1.09. The first kappa shape index (κ1) is 11.5. The van der Waals surface area contributed by atoms with Crippen LogP contribution in [-0.2, 0) is 9.59 Å². The van der Waals surface area contributed by atoms with E-state index in [2.05, 4.69) is 0 Å². The number of rotatable bonds is 5. The summed E-state index contributed by atoms with van der Waals surface area (Å²) in [4.78, 5) is 20.5. The lowest BCUT2D eigenvalue weighted by molar-refractivity contribution is -0.314. The van der Waals surface area contributed by atoms with Gasteiger partial charge in [-0.2, -0.15) is 0 Å². The Morgan fingerprint density at radius 1 is 1.31 bits per heavy atom. The van der Waals surface area contributed by atoms with Crippen molar-refractivity contribution >= 4 is 11.9 Å². The maximum atomic E-state index is 10.7. The molecule has 0 aliphatic rings. The number of carboxylic acid groups (broad SMARTS) is 2. The van der Waals surface area contributed by atoms with Crippen molar-refractivity contribution in [3.05, 3.63) is 11.3 Å². The van der Waals surface area contributed by atoms with Gasteiger partial charge >= 0.3 is 5.97 Å². The van der Waals surface area contributed by atoms with Crippen molar-refractivity contribution in [2.45, 2.75) is 26.2 Å². The van der Waals surface area contributed by atoms with E-state index in [-0.39, 0.29) is 6.42 Å². The van der Waals surface area contributed by atoms with Gasteiger partial charge in [-0.15, -0.1) is 0 Å². The quantitative estimate of drug-likeness (QED) is 0.421. The van der Waals surface area contributed by atoms with Crippen LogP contribution < -0.4 is 10.2 Å². The third kappa shape index (κ3) is 3.59. The minimum Gasteiger partial charge on any atom is -0.867 e. The Hall–Kier alpha value is -1.52. The van der Waals surface area contributed by atoms with Crippen LogP contribution in [0.3, 0.4) is 0 Å². The molecule has 13 heavy (non-hydrogen) atoms. The molecule has 0 aromatic rings. The molecule has 0 aliphatic heterocycles. The van der Waals surface area contributed by atoms with Gasteiger partial charge in [-0.05, 0) is 24.2 Å². The molecule has 0 fully saturated rings. The Kier molecular flexibility index (Phi) is 4.58. The minimum absolute atomic E-state index is 0.0516. The van der Waals surface area contributed by atoms with Gasteiger partial charge in [0, 0.05) is 0 Å². The van der Waals surface area contributed by atoms with Crippen molar-refractivity contribution in [2.75, 3.05) is 0 Å². The number of carbonyl (C=O) groups excluding carboxylic acids is 1. The molecule has 0 bridgehead atoms. The molecule has 74 valence electrons. The Morgan fingerprint density at radius 2 is 1.85 bits per heavy atom. The highest BCUT2D eigenvalue weighted by Gasteiger charge is 2.04. The molecule has 5 heteroatoms. The van der Waals surface area contributed by atoms with Crippen molar-refractivity contribution in [2.24, 2.45) is 0 Å². The van der Waals surface area contributed by atoms with Crippen LogP contribution in [0.4, 0.5) is 0 Å². The zero-order valence-corrected chi connectivity index (χ0v) is 7.20. The lowest BCUT2D eigenvalue weighted by Crippen LogP contribution is -2.30. The molecular formula is C8H10O5-2. The first-order chi connectivity index (χ1) is 6.00. The van der Waals surface area contributed by atoms with Crippen molar-refractivity contribution in [1.29, 1.82) is 0 Å². The van der Waals surface area contributed by atoms with Gasteiger partial charge in [0.15, 0.2) is 0 Å². The first-order valence-corrected chi connectivity index (χ1v) is 3.85. The topological polar surface area (TPSA) is 100 Å². The molecule has 0 unspecified atom stereocenters. The molecule has 0 aromatic carbocycles. The number of aliphatic carboxylic acids is 2. The summed E-state index contributed by atoms with van der Waals surface area (Å²) in [5.74, 6) is -4.83. The average molecular weight is 186 g/mol.